The van der Waals surface area contributed by atoms with E-state index in [1.165, 1.54) is 6.07 Å². The maximum atomic E-state index is 13.3. The number of benzene rings is 2. The number of aromatic amines is 1. The van der Waals surface area contributed by atoms with Gasteiger partial charge in [-0.25, -0.2) is 0 Å². The highest BCUT2D eigenvalue weighted by Crippen LogP contribution is 2.35. The Morgan fingerprint density at radius 3 is 2.45 bits per heavy atom. The molecule has 0 radical (unpaired) electrons. The lowest BCUT2D eigenvalue weighted by Crippen LogP contribution is -2.54. The van der Waals surface area contributed by atoms with Crippen molar-refractivity contribution in [2.75, 3.05) is 83.5 Å². The largest absolute Gasteiger partial charge is 0.378 e. The van der Waals surface area contributed by atoms with Crippen LogP contribution in [0.3, 0.4) is 0 Å². The molecule has 7 rings (SSSR count). The van der Waals surface area contributed by atoms with Crippen molar-refractivity contribution >= 4 is 46.8 Å². The van der Waals surface area contributed by atoms with E-state index in [9.17, 15) is 28.8 Å². The number of carbonyl (C=O) groups excluding carboxylic acids is 6. The third-order valence-electron chi connectivity index (χ3n) is 11.9. The summed E-state index contributed by atoms with van der Waals surface area (Å²) >= 11 is 0. The van der Waals surface area contributed by atoms with Gasteiger partial charge in [0.1, 0.15) is 6.04 Å². The minimum Gasteiger partial charge on any atom is -0.378 e. The molecule has 2 unspecified atom stereocenters. The topological polar surface area (TPSA) is 231 Å². The Hall–Kier alpha value is -6.28. The van der Waals surface area contributed by atoms with Gasteiger partial charge < -0.3 is 35.1 Å². The second-order valence-electron chi connectivity index (χ2n) is 17.3. The third-order valence-corrected chi connectivity index (χ3v) is 11.9. The number of hydrogen-bond donors (Lipinski definition) is 5. The number of likely N-dealkylation sites (N-methyl/N-ethyl adjacent to an activating group) is 1. The van der Waals surface area contributed by atoms with Gasteiger partial charge in [0.15, 0.2) is 5.69 Å². The first-order valence-electron chi connectivity index (χ1n) is 22.1. The van der Waals surface area contributed by atoms with Gasteiger partial charge in [-0.1, -0.05) is 50.2 Å². The van der Waals surface area contributed by atoms with Crippen LogP contribution >= 0.6 is 0 Å². The molecule has 4 heterocycles. The van der Waals surface area contributed by atoms with Crippen molar-refractivity contribution in [3.05, 3.63) is 94.6 Å². The number of hydrogen-bond acceptors (Lipinski definition) is 13. The first-order chi connectivity index (χ1) is 31.4. The van der Waals surface area contributed by atoms with Crippen molar-refractivity contribution in [2.24, 2.45) is 5.41 Å². The van der Waals surface area contributed by atoms with Crippen LogP contribution in [0.1, 0.15) is 93.6 Å². The van der Waals surface area contributed by atoms with Crippen LogP contribution in [-0.4, -0.2) is 144 Å². The first-order valence-corrected chi connectivity index (χ1v) is 22.1. The normalized spacial score (nSPS) is 17.2. The third kappa shape index (κ3) is 11.9. The van der Waals surface area contributed by atoms with Crippen LogP contribution < -0.4 is 21.3 Å². The number of H-pyrrole nitrogens is 1. The van der Waals surface area contributed by atoms with Crippen molar-refractivity contribution in [1.82, 2.24) is 40.4 Å². The number of aromatic nitrogens is 4. The van der Waals surface area contributed by atoms with E-state index in [2.05, 4.69) is 74.5 Å². The van der Waals surface area contributed by atoms with Gasteiger partial charge in [-0.2, -0.15) is 10.2 Å². The molecule has 65 heavy (non-hydrogen) atoms. The molecule has 2 aromatic heterocycles. The maximum Gasteiger partial charge on any atom is 0.276 e. The summed E-state index contributed by atoms with van der Waals surface area (Å²) in [5, 5.41) is 22.9. The average molecular weight is 895 g/mol. The smallest absolute Gasteiger partial charge is 0.276 e. The monoisotopic (exact) mass is 894 g/mol. The standard InChI is InChI=1S/C46H58N10O9/c1-46(2)16-14-32-35(26-46)52-53-41(32)43(60)50-31-27-49-55(29-31)36(30-8-5-4-6-9-30)15-18-54(3)19-21-64-23-25-65-24-22-63-20-17-47-39(58)28-48-34-11-7-10-33-40(34)45(62)56(44(33)61)37-12-13-38(57)51-42(37)59/h4-11,27,29,36-37,48H,12-26,28H2,1-3H3,(H,47,58)(H,50,60)(H,52,53)(H,51,57,59). The predicted molar refractivity (Wildman–Crippen MR) is 238 cm³/mol. The Balaban J connectivity index is 0.734. The van der Waals surface area contributed by atoms with Crippen molar-refractivity contribution in [1.29, 1.82) is 0 Å². The molecule has 0 spiro atoms. The van der Waals surface area contributed by atoms with Gasteiger partial charge in [0, 0.05) is 49.2 Å². The van der Waals surface area contributed by atoms with Gasteiger partial charge in [-0.05, 0) is 62.3 Å². The van der Waals surface area contributed by atoms with Crippen molar-refractivity contribution in [3.63, 3.8) is 0 Å². The highest BCUT2D eigenvalue weighted by molar-refractivity contribution is 6.25. The molecule has 6 amide bonds. The minimum atomic E-state index is -1.08. The lowest BCUT2D eigenvalue weighted by molar-refractivity contribution is -0.136. The first kappa shape index (κ1) is 46.7. The van der Waals surface area contributed by atoms with Crippen LogP contribution in [0.2, 0.25) is 0 Å². The van der Waals surface area contributed by atoms with Crippen LogP contribution in [0.4, 0.5) is 11.4 Å². The molecule has 0 saturated carbocycles. The molecule has 19 nitrogen and oxygen atoms in total. The summed E-state index contributed by atoms with van der Waals surface area (Å²) in [6.45, 7) is 8.43. The zero-order valence-electron chi connectivity index (χ0n) is 37.2. The van der Waals surface area contributed by atoms with Crippen molar-refractivity contribution in [2.45, 2.75) is 64.5 Å². The van der Waals surface area contributed by atoms with E-state index in [1.54, 1.807) is 18.3 Å². The molecule has 0 bridgehead atoms. The Bertz CT molecular complexity index is 2350. The van der Waals surface area contributed by atoms with Crippen LogP contribution in [0, 0.1) is 5.41 Å². The molecular formula is C46H58N10O9. The molecule has 1 aliphatic carbocycles. The lowest BCUT2D eigenvalue weighted by Gasteiger charge is -2.28. The molecule has 3 aliphatic rings. The average Bonchev–Trinajstić information content (AvgIpc) is 3.99. The number of imide groups is 2. The number of amides is 6. The quantitative estimate of drug-likeness (QED) is 0.0534. The Morgan fingerprint density at radius 2 is 1.68 bits per heavy atom. The van der Waals surface area contributed by atoms with Gasteiger partial charge in [0.05, 0.1) is 75.2 Å². The number of nitrogens with zero attached hydrogens (tertiary/aromatic N) is 5. The molecule has 2 aliphatic heterocycles. The Morgan fingerprint density at radius 1 is 0.923 bits per heavy atom. The molecule has 1 saturated heterocycles. The van der Waals surface area contributed by atoms with Crippen LogP contribution in [0.15, 0.2) is 60.9 Å². The van der Waals surface area contributed by atoms with E-state index in [4.69, 9.17) is 14.2 Å². The Labute approximate surface area is 377 Å². The molecule has 4 aromatic rings. The summed E-state index contributed by atoms with van der Waals surface area (Å²) in [7, 11) is 2.05. The van der Waals surface area contributed by atoms with Crippen LogP contribution in [0.25, 0.3) is 0 Å². The Kier molecular flexibility index (Phi) is 15.5. The number of rotatable bonds is 23. The number of fused-ring (bicyclic) bond motifs is 2. The summed E-state index contributed by atoms with van der Waals surface area (Å²) in [5.41, 5.74) is 4.93. The van der Waals surface area contributed by atoms with Gasteiger partial charge in [0.2, 0.25) is 17.7 Å². The zero-order valence-corrected chi connectivity index (χ0v) is 37.2. The maximum absolute atomic E-state index is 13.3. The summed E-state index contributed by atoms with van der Waals surface area (Å²) in [6.07, 6.45) is 7.13. The van der Waals surface area contributed by atoms with E-state index >= 15 is 0 Å². The number of carbonyl (C=O) groups is 6. The molecule has 346 valence electrons. The molecule has 2 aromatic carbocycles. The molecule has 2 atom stereocenters. The number of anilines is 2. The van der Waals surface area contributed by atoms with Gasteiger partial charge in [-0.15, -0.1) is 0 Å². The van der Waals surface area contributed by atoms with Gasteiger partial charge in [-0.3, -0.25) is 48.8 Å². The highest BCUT2D eigenvalue weighted by Gasteiger charge is 2.45. The van der Waals surface area contributed by atoms with Crippen molar-refractivity contribution in [3.8, 4) is 0 Å². The lowest BCUT2D eigenvalue weighted by atomic mass is 9.76. The number of nitrogens with one attached hydrogen (secondary N) is 5. The van der Waals surface area contributed by atoms with Crippen molar-refractivity contribution < 1.29 is 43.0 Å². The van der Waals surface area contributed by atoms with E-state index in [0.717, 1.165) is 60.5 Å². The van der Waals surface area contributed by atoms with Gasteiger partial charge >= 0.3 is 0 Å². The predicted octanol–water partition coefficient (Wildman–Crippen LogP) is 2.96. The van der Waals surface area contributed by atoms with Gasteiger partial charge in [0.25, 0.3) is 17.7 Å². The molecule has 19 heteroatoms. The summed E-state index contributed by atoms with van der Waals surface area (Å²) in [6, 6.07) is 13.7. The molecule has 1 fully saturated rings. The molecular weight excluding hydrogens is 837 g/mol. The number of ether oxygens (including phenoxy) is 3. The summed E-state index contributed by atoms with van der Waals surface area (Å²) in [5.74, 6) is -2.99. The SMILES string of the molecule is CN(CCOCCOCCOCCNC(=O)CNc1cccc2c1C(=O)N(C1CCC(=O)NC1=O)C2=O)CCC(c1ccccc1)n1cc(NC(=O)c2n[nH]c3c2CCC(C)(C)C3)cn1. The fourth-order valence-electron chi connectivity index (χ4n) is 8.30. The zero-order chi connectivity index (χ0) is 45.9. The van der Waals surface area contributed by atoms with E-state index < -0.39 is 29.7 Å². The van der Waals surface area contributed by atoms with Crippen LogP contribution in [-0.2, 0) is 41.4 Å². The second kappa shape index (κ2) is 21.6. The fraction of sp³-hybridized carbons (Fsp3) is 0.478. The fourth-order valence-corrected chi connectivity index (χ4v) is 8.30. The van der Waals surface area contributed by atoms with E-state index in [0.29, 0.717) is 50.1 Å². The van der Waals surface area contributed by atoms with E-state index in [-0.39, 0.29) is 66.9 Å². The summed E-state index contributed by atoms with van der Waals surface area (Å²) < 4.78 is 18.9. The second-order valence-corrected chi connectivity index (χ2v) is 17.3. The van der Waals surface area contributed by atoms with Crippen LogP contribution in [0.5, 0.6) is 0 Å². The summed E-state index contributed by atoms with van der Waals surface area (Å²) in [4.78, 5) is 79.1. The highest BCUT2D eigenvalue weighted by atomic mass is 16.5. The number of piperidine rings is 1. The minimum absolute atomic E-state index is 0.0237. The molecule has 5 N–H and O–H groups in total. The van der Waals surface area contributed by atoms with E-state index in [1.807, 2.05) is 29.1 Å².